The fraction of sp³-hybridized carbons (Fsp3) is 0.429. The molecule has 1 aliphatic heterocycles. The first-order chi connectivity index (χ1) is 17.5. The van der Waals surface area contributed by atoms with E-state index < -0.39 is 0 Å². The van der Waals surface area contributed by atoms with Gasteiger partial charge in [-0.25, -0.2) is 4.79 Å². The number of hydrogen-bond donors (Lipinski definition) is 1. The molecule has 192 valence electrons. The summed E-state index contributed by atoms with van der Waals surface area (Å²) in [5.41, 5.74) is 2.39. The molecule has 0 spiro atoms. The summed E-state index contributed by atoms with van der Waals surface area (Å²) < 4.78 is 11.6. The van der Waals surface area contributed by atoms with E-state index in [4.69, 9.17) is 9.15 Å². The minimum absolute atomic E-state index is 0.0324. The predicted molar refractivity (Wildman–Crippen MR) is 141 cm³/mol. The molecular formula is C28H35N3O4S. The highest BCUT2D eigenvalue weighted by atomic mass is 32.1. The number of rotatable bonds is 10. The fourth-order valence-electron chi connectivity index (χ4n) is 4.39. The molecule has 0 fully saturated rings. The maximum Gasteiger partial charge on any atom is 0.318 e. The summed E-state index contributed by atoms with van der Waals surface area (Å²) >= 11 is 1.72. The monoisotopic (exact) mass is 509 g/mol. The van der Waals surface area contributed by atoms with Crippen molar-refractivity contribution < 1.29 is 18.7 Å². The molecule has 36 heavy (non-hydrogen) atoms. The Labute approximate surface area is 217 Å². The van der Waals surface area contributed by atoms with Gasteiger partial charge < -0.3 is 24.3 Å². The highest BCUT2D eigenvalue weighted by Crippen LogP contribution is 2.34. The Hall–Kier alpha value is -3.26. The number of carbonyl (C=O) groups is 2. The largest absolute Gasteiger partial charge is 0.491 e. The van der Waals surface area contributed by atoms with Gasteiger partial charge >= 0.3 is 6.03 Å². The Morgan fingerprint density at radius 1 is 1.22 bits per heavy atom. The zero-order valence-corrected chi connectivity index (χ0v) is 22.1. The zero-order chi connectivity index (χ0) is 25.5. The smallest absolute Gasteiger partial charge is 0.318 e. The van der Waals surface area contributed by atoms with Gasteiger partial charge in [-0.05, 0) is 65.6 Å². The zero-order valence-electron chi connectivity index (χ0n) is 21.2. The summed E-state index contributed by atoms with van der Waals surface area (Å²) in [6, 6.07) is 13.3. The molecule has 8 heteroatoms. The second-order valence-electron chi connectivity index (χ2n) is 9.35. The summed E-state index contributed by atoms with van der Waals surface area (Å²) in [6.07, 6.45) is 3.19. The Kier molecular flexibility index (Phi) is 8.70. The van der Waals surface area contributed by atoms with Gasteiger partial charge in [0.25, 0.3) is 0 Å². The van der Waals surface area contributed by atoms with Crippen molar-refractivity contribution in [2.45, 2.75) is 52.1 Å². The maximum atomic E-state index is 13.6. The Bertz CT molecular complexity index is 1120. The summed E-state index contributed by atoms with van der Waals surface area (Å²) in [6.45, 7) is 8.03. The lowest BCUT2D eigenvalue weighted by molar-refractivity contribution is -0.135. The molecule has 7 nitrogen and oxygen atoms in total. The molecular weight excluding hydrogens is 474 g/mol. The van der Waals surface area contributed by atoms with Crippen molar-refractivity contribution >= 4 is 23.3 Å². The molecule has 0 bridgehead atoms. The average molecular weight is 510 g/mol. The second kappa shape index (κ2) is 12.1. The van der Waals surface area contributed by atoms with Crippen LogP contribution in [-0.4, -0.2) is 48.0 Å². The molecule has 0 aliphatic carbocycles. The van der Waals surface area contributed by atoms with Crippen LogP contribution in [0.15, 0.2) is 58.5 Å². The topological polar surface area (TPSA) is 75.0 Å². The van der Waals surface area contributed by atoms with E-state index in [0.29, 0.717) is 31.4 Å². The van der Waals surface area contributed by atoms with Crippen LogP contribution in [0.25, 0.3) is 0 Å². The lowest BCUT2D eigenvalue weighted by atomic mass is 10.00. The van der Waals surface area contributed by atoms with Gasteiger partial charge in [0.05, 0.1) is 18.8 Å². The van der Waals surface area contributed by atoms with E-state index in [2.05, 4.69) is 42.7 Å². The number of carbonyl (C=O) groups excluding carboxylic acids is 2. The summed E-state index contributed by atoms with van der Waals surface area (Å²) in [7, 11) is 0. The Balaban J connectivity index is 1.49. The summed E-state index contributed by atoms with van der Waals surface area (Å²) in [4.78, 5) is 31.1. The van der Waals surface area contributed by atoms with Gasteiger partial charge in [-0.15, -0.1) is 11.3 Å². The minimum Gasteiger partial charge on any atom is -0.491 e. The predicted octanol–water partition coefficient (Wildman–Crippen LogP) is 5.59. The first kappa shape index (κ1) is 25.8. The van der Waals surface area contributed by atoms with Gasteiger partial charge in [0.15, 0.2) is 0 Å². The van der Waals surface area contributed by atoms with Crippen LogP contribution >= 0.6 is 11.3 Å². The van der Waals surface area contributed by atoms with Crippen molar-refractivity contribution in [3.05, 3.63) is 75.9 Å². The Morgan fingerprint density at radius 2 is 2.03 bits per heavy atom. The van der Waals surface area contributed by atoms with Gasteiger partial charge in [-0.3, -0.25) is 4.79 Å². The normalized spacial score (nSPS) is 15.0. The van der Waals surface area contributed by atoms with E-state index in [9.17, 15) is 9.59 Å². The molecule has 0 saturated carbocycles. The fourth-order valence-corrected chi connectivity index (χ4v) is 5.31. The number of thiophene rings is 1. The van der Waals surface area contributed by atoms with Crippen molar-refractivity contribution in [1.82, 2.24) is 15.1 Å². The maximum absolute atomic E-state index is 13.6. The van der Waals surface area contributed by atoms with Crippen LogP contribution in [-0.2, 0) is 17.8 Å². The third-order valence-corrected chi connectivity index (χ3v) is 7.43. The lowest BCUT2D eigenvalue weighted by Gasteiger charge is -2.37. The summed E-state index contributed by atoms with van der Waals surface area (Å²) in [5, 5.41) is 4.96. The number of benzene rings is 1. The number of nitrogens with zero attached hydrogens (tertiary/aromatic N) is 2. The number of fused-ring (bicyclic) bond motifs is 1. The van der Waals surface area contributed by atoms with E-state index in [0.717, 1.165) is 24.2 Å². The molecule has 3 amide bonds. The molecule has 4 rings (SSSR count). The molecule has 2 aromatic heterocycles. The highest BCUT2D eigenvalue weighted by molar-refractivity contribution is 7.10. The number of urea groups is 1. The van der Waals surface area contributed by atoms with Gasteiger partial charge in [-0.1, -0.05) is 32.9 Å². The highest BCUT2D eigenvalue weighted by Gasteiger charge is 2.33. The van der Waals surface area contributed by atoms with Crippen LogP contribution in [0.1, 0.15) is 60.9 Å². The van der Waals surface area contributed by atoms with Gasteiger partial charge in [0.2, 0.25) is 5.91 Å². The van der Waals surface area contributed by atoms with Crippen LogP contribution in [0, 0.1) is 0 Å². The van der Waals surface area contributed by atoms with Gasteiger partial charge in [0, 0.05) is 18.0 Å². The number of amides is 3. The number of ether oxygens (including phenoxy) is 1. The van der Waals surface area contributed by atoms with E-state index in [1.54, 1.807) is 23.7 Å². The first-order valence-electron chi connectivity index (χ1n) is 12.6. The van der Waals surface area contributed by atoms with Crippen molar-refractivity contribution in [1.29, 1.82) is 0 Å². The molecule has 1 atom stereocenters. The van der Waals surface area contributed by atoms with E-state index >= 15 is 0 Å². The van der Waals surface area contributed by atoms with Crippen molar-refractivity contribution in [3.8, 4) is 5.75 Å². The SMILES string of the molecule is CCCNC(=O)N(CC(=O)N1CCc2sccc2[C@@H]1COc1ccc(C(C)C)cc1)Cc1ccco1. The summed E-state index contributed by atoms with van der Waals surface area (Å²) in [5.74, 6) is 1.77. The molecule has 3 heterocycles. The molecule has 1 aromatic carbocycles. The van der Waals surface area contributed by atoms with Crippen LogP contribution in [0.2, 0.25) is 0 Å². The number of nitrogens with one attached hydrogen (secondary N) is 1. The lowest BCUT2D eigenvalue weighted by Crippen LogP contribution is -2.49. The van der Waals surface area contributed by atoms with Crippen molar-refractivity contribution in [2.75, 3.05) is 26.2 Å². The molecule has 0 radical (unpaired) electrons. The van der Waals surface area contributed by atoms with E-state index in [1.807, 2.05) is 30.0 Å². The van der Waals surface area contributed by atoms with Crippen molar-refractivity contribution in [2.24, 2.45) is 0 Å². The molecule has 3 aromatic rings. The van der Waals surface area contributed by atoms with E-state index in [-0.39, 0.29) is 31.1 Å². The van der Waals surface area contributed by atoms with E-state index in [1.165, 1.54) is 15.3 Å². The third kappa shape index (κ3) is 6.29. The van der Waals surface area contributed by atoms with Crippen LogP contribution in [0.5, 0.6) is 5.75 Å². The standard InChI is InChI=1S/C28H35N3O4S/c1-4-13-29-28(33)30(17-23-6-5-15-34-23)18-27(32)31-14-11-26-24(12-16-36-26)25(31)19-35-22-9-7-21(8-10-22)20(2)3/h5-10,12,15-16,20,25H,4,11,13-14,17-19H2,1-3H3,(H,29,33)/t25-/m0/s1. The quantitative estimate of drug-likeness (QED) is 0.387. The number of hydrogen-bond acceptors (Lipinski definition) is 5. The van der Waals surface area contributed by atoms with Crippen LogP contribution in [0.3, 0.4) is 0 Å². The second-order valence-corrected chi connectivity index (χ2v) is 10.4. The van der Waals surface area contributed by atoms with Crippen LogP contribution in [0.4, 0.5) is 4.79 Å². The molecule has 1 N–H and O–H groups in total. The Morgan fingerprint density at radius 3 is 2.72 bits per heavy atom. The van der Waals surface area contributed by atoms with Gasteiger partial charge in [-0.2, -0.15) is 0 Å². The third-order valence-electron chi connectivity index (χ3n) is 6.44. The number of furan rings is 1. The van der Waals surface area contributed by atoms with Crippen molar-refractivity contribution in [3.63, 3.8) is 0 Å². The first-order valence-corrected chi connectivity index (χ1v) is 13.5. The molecule has 0 saturated heterocycles. The minimum atomic E-state index is -0.270. The molecule has 0 unspecified atom stereocenters. The molecule has 1 aliphatic rings. The average Bonchev–Trinajstić information content (AvgIpc) is 3.57. The van der Waals surface area contributed by atoms with Crippen LogP contribution < -0.4 is 10.1 Å². The van der Waals surface area contributed by atoms with Gasteiger partial charge in [0.1, 0.15) is 24.7 Å².